The third-order valence-corrected chi connectivity index (χ3v) is 7.66. The third kappa shape index (κ3) is 5.13. The number of benzene rings is 3. The normalized spacial score (nSPS) is 20.5. The largest absolute Gasteiger partial charge is 0.508 e. The summed E-state index contributed by atoms with van der Waals surface area (Å²) >= 11 is 5.95. The summed E-state index contributed by atoms with van der Waals surface area (Å²) in [6, 6.07) is 15.2. The number of allylic oxidation sites excluding steroid dienone is 1. The summed E-state index contributed by atoms with van der Waals surface area (Å²) in [4.78, 5) is 2.46. The summed E-state index contributed by atoms with van der Waals surface area (Å²) in [7, 11) is 0. The minimum absolute atomic E-state index is 0.0649. The van der Waals surface area contributed by atoms with Crippen LogP contribution in [0.2, 0.25) is 5.02 Å². The Morgan fingerprint density at radius 2 is 1.86 bits per heavy atom. The average Bonchev–Trinajstić information content (AvgIpc) is 3.32. The van der Waals surface area contributed by atoms with Gasteiger partial charge in [-0.05, 0) is 86.3 Å². The van der Waals surface area contributed by atoms with Crippen molar-refractivity contribution in [3.8, 4) is 23.0 Å². The van der Waals surface area contributed by atoms with Gasteiger partial charge in [-0.15, -0.1) is 0 Å². The summed E-state index contributed by atoms with van der Waals surface area (Å²) in [6.07, 6.45) is 0.580. The van der Waals surface area contributed by atoms with Gasteiger partial charge in [-0.3, -0.25) is 4.90 Å². The molecular formula is C30H31ClFNO4. The Balaban J connectivity index is 1.45. The number of aromatic hydroxyl groups is 2. The molecule has 194 valence electrons. The van der Waals surface area contributed by atoms with Crippen LogP contribution < -0.4 is 9.47 Å². The van der Waals surface area contributed by atoms with E-state index in [1.165, 1.54) is 12.5 Å². The molecule has 5 nitrogen and oxygen atoms in total. The highest BCUT2D eigenvalue weighted by molar-refractivity contribution is 6.32. The van der Waals surface area contributed by atoms with Crippen molar-refractivity contribution in [3.63, 3.8) is 0 Å². The Morgan fingerprint density at radius 1 is 1.11 bits per heavy atom. The zero-order chi connectivity index (χ0) is 26.3. The standard InChI is InChI=1S/C30H31ClFNO4/c1-17-10-11-33(15-17)18(2)16-36-22-7-4-20(5-8-22)30-29(24-13-27(35)25(31)14-26(24)32)19(3)23-12-21(34)6-9-28(23)37-30/h4-9,12-14,17-18,30,34-35H,10-11,15-16H2,1-3H3/t17-,18+,30?/m1/s1. The predicted molar refractivity (Wildman–Crippen MR) is 144 cm³/mol. The lowest BCUT2D eigenvalue weighted by Crippen LogP contribution is -2.35. The number of phenolic OH excluding ortho intramolecular Hbond substituents is 2. The van der Waals surface area contributed by atoms with Crippen molar-refractivity contribution in [2.45, 2.75) is 39.3 Å². The van der Waals surface area contributed by atoms with Crippen LogP contribution >= 0.6 is 11.6 Å². The molecule has 0 radical (unpaired) electrons. The quantitative estimate of drug-likeness (QED) is 0.362. The lowest BCUT2D eigenvalue weighted by atomic mass is 9.85. The number of likely N-dealkylation sites (tertiary alicyclic amines) is 1. The maximum atomic E-state index is 15.2. The second-order valence-electron chi connectivity index (χ2n) is 10.1. The summed E-state index contributed by atoms with van der Waals surface area (Å²) < 4.78 is 27.6. The fourth-order valence-electron chi connectivity index (χ4n) is 5.19. The summed E-state index contributed by atoms with van der Waals surface area (Å²) in [5.41, 5.74) is 2.93. The zero-order valence-corrected chi connectivity index (χ0v) is 21.9. The van der Waals surface area contributed by atoms with Crippen molar-refractivity contribution in [2.24, 2.45) is 5.92 Å². The van der Waals surface area contributed by atoms with Crippen LogP contribution in [0.1, 0.15) is 50.0 Å². The number of rotatable bonds is 6. The Morgan fingerprint density at radius 3 is 2.57 bits per heavy atom. The van der Waals surface area contributed by atoms with Crippen molar-refractivity contribution in [1.29, 1.82) is 0 Å². The van der Waals surface area contributed by atoms with Crippen LogP contribution in [0.4, 0.5) is 4.39 Å². The van der Waals surface area contributed by atoms with Crippen LogP contribution in [0.5, 0.6) is 23.0 Å². The van der Waals surface area contributed by atoms with Crippen molar-refractivity contribution in [3.05, 3.63) is 82.1 Å². The van der Waals surface area contributed by atoms with E-state index >= 15 is 4.39 Å². The molecule has 5 rings (SSSR count). The average molecular weight is 524 g/mol. The lowest BCUT2D eigenvalue weighted by molar-refractivity contribution is 0.169. The SMILES string of the molecule is CC1=C(c2cc(O)c(Cl)cc2F)C(c2ccc(OC[C@H](C)N3CC[C@@H](C)C3)cc2)Oc2ccc(O)cc21. The highest BCUT2D eigenvalue weighted by Crippen LogP contribution is 2.48. The van der Waals surface area contributed by atoms with Gasteiger partial charge in [0.1, 0.15) is 41.5 Å². The second kappa shape index (κ2) is 10.3. The van der Waals surface area contributed by atoms with E-state index in [0.717, 1.165) is 42.0 Å². The van der Waals surface area contributed by atoms with E-state index in [1.807, 2.05) is 31.2 Å². The number of hydrogen-bond donors (Lipinski definition) is 2. The molecule has 7 heteroatoms. The van der Waals surface area contributed by atoms with Gasteiger partial charge >= 0.3 is 0 Å². The molecule has 3 atom stereocenters. The Bertz CT molecular complexity index is 1340. The molecule has 2 N–H and O–H groups in total. The molecule has 0 bridgehead atoms. The van der Waals surface area contributed by atoms with Gasteiger partial charge in [0.15, 0.2) is 0 Å². The van der Waals surface area contributed by atoms with E-state index in [9.17, 15) is 10.2 Å². The van der Waals surface area contributed by atoms with Crippen LogP contribution in [-0.4, -0.2) is 40.9 Å². The first-order valence-corrected chi connectivity index (χ1v) is 12.9. The van der Waals surface area contributed by atoms with Gasteiger partial charge in [-0.25, -0.2) is 4.39 Å². The monoisotopic (exact) mass is 523 g/mol. The Hall–Kier alpha value is -3.22. The van der Waals surface area contributed by atoms with E-state index in [1.54, 1.807) is 18.2 Å². The van der Waals surface area contributed by atoms with Crippen LogP contribution in [0, 0.1) is 11.7 Å². The molecule has 0 amide bonds. The van der Waals surface area contributed by atoms with Gasteiger partial charge in [0.05, 0.1) is 5.02 Å². The first-order chi connectivity index (χ1) is 17.7. The third-order valence-electron chi connectivity index (χ3n) is 7.36. The van der Waals surface area contributed by atoms with Gasteiger partial charge < -0.3 is 19.7 Å². The summed E-state index contributed by atoms with van der Waals surface area (Å²) in [5, 5.41) is 20.2. The molecule has 1 fully saturated rings. The van der Waals surface area contributed by atoms with E-state index < -0.39 is 11.9 Å². The molecular weight excluding hydrogens is 493 g/mol. The predicted octanol–water partition coefficient (Wildman–Crippen LogP) is 7.06. The Labute approximate surface area is 221 Å². The van der Waals surface area contributed by atoms with Crippen LogP contribution in [0.25, 0.3) is 11.1 Å². The molecule has 0 aromatic heterocycles. The van der Waals surface area contributed by atoms with Crippen LogP contribution in [0.3, 0.4) is 0 Å². The van der Waals surface area contributed by atoms with Gasteiger partial charge in [-0.1, -0.05) is 30.7 Å². The molecule has 37 heavy (non-hydrogen) atoms. The first-order valence-electron chi connectivity index (χ1n) is 12.6. The molecule has 1 unspecified atom stereocenters. The van der Waals surface area contributed by atoms with Crippen molar-refractivity contribution in [2.75, 3.05) is 19.7 Å². The van der Waals surface area contributed by atoms with E-state index in [-0.39, 0.29) is 22.1 Å². The molecule has 3 aromatic carbocycles. The lowest BCUT2D eigenvalue weighted by Gasteiger charge is -2.31. The van der Waals surface area contributed by atoms with Gasteiger partial charge in [-0.2, -0.15) is 0 Å². The summed E-state index contributed by atoms with van der Waals surface area (Å²) in [5.74, 6) is 1.35. The number of halogens is 2. The second-order valence-corrected chi connectivity index (χ2v) is 10.5. The van der Waals surface area contributed by atoms with Crippen molar-refractivity contribution < 1.29 is 24.1 Å². The number of nitrogens with zero attached hydrogens (tertiary/aromatic N) is 1. The number of fused-ring (bicyclic) bond motifs is 1. The number of ether oxygens (including phenoxy) is 2. The van der Waals surface area contributed by atoms with Crippen LogP contribution in [0.15, 0.2) is 54.6 Å². The highest BCUT2D eigenvalue weighted by atomic mass is 35.5. The fourth-order valence-corrected chi connectivity index (χ4v) is 5.34. The van der Waals surface area contributed by atoms with Gasteiger partial charge in [0.2, 0.25) is 0 Å². The van der Waals surface area contributed by atoms with Crippen molar-refractivity contribution in [1.82, 2.24) is 4.90 Å². The van der Waals surface area contributed by atoms with Crippen molar-refractivity contribution >= 4 is 22.7 Å². The molecule has 2 aliphatic heterocycles. The maximum Gasteiger partial charge on any atom is 0.150 e. The number of hydrogen-bond acceptors (Lipinski definition) is 5. The molecule has 1 saturated heterocycles. The molecule has 3 aromatic rings. The molecule has 0 saturated carbocycles. The smallest absolute Gasteiger partial charge is 0.150 e. The zero-order valence-electron chi connectivity index (χ0n) is 21.2. The molecule has 0 spiro atoms. The summed E-state index contributed by atoms with van der Waals surface area (Å²) in [6.45, 7) is 9.13. The highest BCUT2D eigenvalue weighted by Gasteiger charge is 2.32. The van der Waals surface area contributed by atoms with Gasteiger partial charge in [0.25, 0.3) is 0 Å². The van der Waals surface area contributed by atoms with Crippen LogP contribution in [-0.2, 0) is 0 Å². The maximum absolute atomic E-state index is 15.2. The minimum Gasteiger partial charge on any atom is -0.508 e. The molecule has 2 heterocycles. The number of phenols is 2. The van der Waals surface area contributed by atoms with E-state index in [4.69, 9.17) is 21.1 Å². The van der Waals surface area contributed by atoms with E-state index in [2.05, 4.69) is 18.7 Å². The van der Waals surface area contributed by atoms with E-state index in [0.29, 0.717) is 29.5 Å². The first kappa shape index (κ1) is 25.4. The minimum atomic E-state index is -0.647. The molecule has 0 aliphatic carbocycles. The molecule has 2 aliphatic rings. The fraction of sp³-hybridized carbons (Fsp3) is 0.333. The van der Waals surface area contributed by atoms with Gasteiger partial charge in [0, 0.05) is 29.3 Å². The topological polar surface area (TPSA) is 62.2 Å². The Kier molecular flexibility index (Phi) is 7.06.